The third-order valence-corrected chi connectivity index (χ3v) is 2.52. The van der Waals surface area contributed by atoms with Gasteiger partial charge in [-0.15, -0.1) is 0 Å². The molecule has 0 spiro atoms. The maximum Gasteiger partial charge on any atom is 0.355 e. The minimum atomic E-state index is -0.341. The summed E-state index contributed by atoms with van der Waals surface area (Å²) in [5.74, 6) is -0.341. The third-order valence-electron chi connectivity index (χ3n) is 2.52. The molecule has 0 aliphatic rings. The first-order valence-corrected chi connectivity index (χ1v) is 5.85. The molecule has 1 rings (SSSR count). The fourth-order valence-electron chi connectivity index (χ4n) is 1.60. The number of aryl methyl sites for hydroxylation is 1. The number of aromatic nitrogens is 1. The summed E-state index contributed by atoms with van der Waals surface area (Å²) in [4.78, 5) is 11.6. The van der Waals surface area contributed by atoms with Crippen LogP contribution in [0.2, 0.25) is 0 Å². The number of esters is 1. The SMILES string of the molecule is Cn1cc(N)cc1C(=O)OCCCCCCO. The highest BCUT2D eigenvalue weighted by atomic mass is 16.5. The Balaban J connectivity index is 2.23. The van der Waals surface area contributed by atoms with Crippen molar-refractivity contribution < 1.29 is 14.6 Å². The Kier molecular flexibility index (Phi) is 5.56. The molecule has 1 heterocycles. The summed E-state index contributed by atoms with van der Waals surface area (Å²) in [5, 5.41) is 8.59. The zero-order chi connectivity index (χ0) is 12.7. The van der Waals surface area contributed by atoms with E-state index in [0.29, 0.717) is 18.0 Å². The van der Waals surface area contributed by atoms with Crippen LogP contribution in [0.25, 0.3) is 0 Å². The van der Waals surface area contributed by atoms with E-state index < -0.39 is 0 Å². The number of aliphatic hydroxyl groups is 1. The van der Waals surface area contributed by atoms with E-state index in [4.69, 9.17) is 15.6 Å². The summed E-state index contributed by atoms with van der Waals surface area (Å²) in [6.45, 7) is 0.637. The monoisotopic (exact) mass is 240 g/mol. The number of hydrogen-bond acceptors (Lipinski definition) is 4. The second kappa shape index (κ2) is 6.96. The fraction of sp³-hybridized carbons (Fsp3) is 0.583. The lowest BCUT2D eigenvalue weighted by Gasteiger charge is -2.05. The summed E-state index contributed by atoms with van der Waals surface area (Å²) in [6.07, 6.45) is 5.24. The Morgan fingerprint density at radius 2 is 2.12 bits per heavy atom. The van der Waals surface area contributed by atoms with Crippen LogP contribution in [-0.4, -0.2) is 28.9 Å². The van der Waals surface area contributed by atoms with Crippen LogP contribution in [0.4, 0.5) is 5.69 Å². The smallest absolute Gasteiger partial charge is 0.355 e. The molecule has 0 unspecified atom stereocenters. The summed E-state index contributed by atoms with van der Waals surface area (Å²) >= 11 is 0. The van der Waals surface area contributed by atoms with Gasteiger partial charge in [0, 0.05) is 19.9 Å². The number of carbonyl (C=O) groups excluding carboxylic acids is 1. The van der Waals surface area contributed by atoms with E-state index in [1.165, 1.54) is 0 Å². The summed E-state index contributed by atoms with van der Waals surface area (Å²) in [6, 6.07) is 1.61. The molecule has 1 aromatic heterocycles. The number of anilines is 1. The van der Waals surface area contributed by atoms with E-state index in [0.717, 1.165) is 25.7 Å². The number of nitrogens with zero attached hydrogens (tertiary/aromatic N) is 1. The fourth-order valence-corrected chi connectivity index (χ4v) is 1.60. The van der Waals surface area contributed by atoms with Crippen molar-refractivity contribution in [1.29, 1.82) is 0 Å². The predicted molar refractivity (Wildman–Crippen MR) is 65.7 cm³/mol. The molecule has 5 heteroatoms. The van der Waals surface area contributed by atoms with E-state index >= 15 is 0 Å². The number of aliphatic hydroxyl groups excluding tert-OH is 1. The first-order valence-electron chi connectivity index (χ1n) is 5.85. The summed E-state index contributed by atoms with van der Waals surface area (Å²) in [7, 11) is 1.76. The van der Waals surface area contributed by atoms with Gasteiger partial charge in [-0.2, -0.15) is 0 Å². The van der Waals surface area contributed by atoms with Crippen LogP contribution in [0.5, 0.6) is 0 Å². The standard InChI is InChI=1S/C12H20N2O3/c1-14-9-10(13)8-11(14)12(16)17-7-5-3-2-4-6-15/h8-9,15H,2-7,13H2,1H3. The molecule has 1 aromatic rings. The minimum absolute atomic E-state index is 0.225. The molecular weight excluding hydrogens is 220 g/mol. The lowest BCUT2D eigenvalue weighted by atomic mass is 10.2. The van der Waals surface area contributed by atoms with Crippen LogP contribution in [0, 0.1) is 0 Å². The van der Waals surface area contributed by atoms with Gasteiger partial charge in [0.05, 0.1) is 12.3 Å². The van der Waals surface area contributed by atoms with Gasteiger partial charge >= 0.3 is 5.97 Å². The van der Waals surface area contributed by atoms with Crippen molar-refractivity contribution in [1.82, 2.24) is 4.57 Å². The molecule has 0 aromatic carbocycles. The Morgan fingerprint density at radius 3 is 2.71 bits per heavy atom. The van der Waals surface area contributed by atoms with Gasteiger partial charge in [0.1, 0.15) is 5.69 Å². The quantitative estimate of drug-likeness (QED) is 0.556. The number of ether oxygens (including phenoxy) is 1. The highest BCUT2D eigenvalue weighted by Gasteiger charge is 2.11. The van der Waals surface area contributed by atoms with E-state index in [9.17, 15) is 4.79 Å². The Labute approximate surface area is 101 Å². The Morgan fingerprint density at radius 1 is 1.41 bits per heavy atom. The number of nitrogens with two attached hydrogens (primary N) is 1. The van der Waals surface area contributed by atoms with Crippen LogP contribution in [0.3, 0.4) is 0 Å². The predicted octanol–water partition coefficient (Wildman–Crippen LogP) is 1.32. The molecule has 0 radical (unpaired) electrons. The molecule has 96 valence electrons. The van der Waals surface area contributed by atoms with E-state index in [1.807, 2.05) is 0 Å². The molecule has 0 atom stereocenters. The van der Waals surface area contributed by atoms with Crippen molar-refractivity contribution in [3.63, 3.8) is 0 Å². The molecule has 0 aliphatic carbocycles. The Hall–Kier alpha value is -1.49. The molecule has 0 bridgehead atoms. The van der Waals surface area contributed by atoms with Crippen LogP contribution >= 0.6 is 0 Å². The van der Waals surface area contributed by atoms with E-state index in [-0.39, 0.29) is 12.6 Å². The van der Waals surface area contributed by atoms with Crippen molar-refractivity contribution in [2.24, 2.45) is 7.05 Å². The largest absolute Gasteiger partial charge is 0.461 e. The molecule has 0 amide bonds. The molecule has 0 fully saturated rings. The van der Waals surface area contributed by atoms with Gasteiger partial charge in [-0.05, 0) is 25.3 Å². The molecule has 3 N–H and O–H groups in total. The molecular formula is C12H20N2O3. The molecule has 0 saturated carbocycles. The zero-order valence-electron chi connectivity index (χ0n) is 10.2. The van der Waals surface area contributed by atoms with E-state index in [1.54, 1.807) is 23.9 Å². The van der Waals surface area contributed by atoms with Crippen LogP contribution in [-0.2, 0) is 11.8 Å². The first-order chi connectivity index (χ1) is 8.15. The zero-order valence-corrected chi connectivity index (χ0v) is 10.2. The van der Waals surface area contributed by atoms with Gasteiger partial charge in [-0.3, -0.25) is 0 Å². The number of rotatable bonds is 7. The molecule has 17 heavy (non-hydrogen) atoms. The van der Waals surface area contributed by atoms with Gasteiger partial charge in [0.25, 0.3) is 0 Å². The molecule has 0 saturated heterocycles. The van der Waals surface area contributed by atoms with Crippen molar-refractivity contribution in [3.8, 4) is 0 Å². The van der Waals surface area contributed by atoms with Crippen molar-refractivity contribution in [2.45, 2.75) is 25.7 Å². The second-order valence-corrected chi connectivity index (χ2v) is 4.04. The summed E-state index contributed by atoms with van der Waals surface area (Å²) < 4.78 is 6.78. The highest BCUT2D eigenvalue weighted by Crippen LogP contribution is 2.10. The summed E-state index contributed by atoms with van der Waals surface area (Å²) in [5.41, 5.74) is 6.60. The van der Waals surface area contributed by atoms with Gasteiger partial charge in [-0.1, -0.05) is 6.42 Å². The highest BCUT2D eigenvalue weighted by molar-refractivity contribution is 5.89. The van der Waals surface area contributed by atoms with Gasteiger partial charge in [0.15, 0.2) is 0 Å². The maximum atomic E-state index is 11.6. The number of hydrogen-bond donors (Lipinski definition) is 2. The van der Waals surface area contributed by atoms with Crippen molar-refractivity contribution in [3.05, 3.63) is 18.0 Å². The molecule has 5 nitrogen and oxygen atoms in total. The lowest BCUT2D eigenvalue weighted by molar-refractivity contribution is 0.0486. The normalized spacial score (nSPS) is 10.5. The molecule has 0 aliphatic heterocycles. The average molecular weight is 240 g/mol. The third kappa shape index (κ3) is 4.48. The van der Waals surface area contributed by atoms with Crippen LogP contribution in [0.1, 0.15) is 36.2 Å². The minimum Gasteiger partial charge on any atom is -0.461 e. The number of unbranched alkanes of at least 4 members (excludes halogenated alkanes) is 3. The first kappa shape index (κ1) is 13.6. The second-order valence-electron chi connectivity index (χ2n) is 4.04. The van der Waals surface area contributed by atoms with Gasteiger partial charge in [0.2, 0.25) is 0 Å². The number of carbonyl (C=O) groups is 1. The Bertz CT molecular complexity index is 361. The van der Waals surface area contributed by atoms with Crippen LogP contribution < -0.4 is 5.73 Å². The lowest BCUT2D eigenvalue weighted by Crippen LogP contribution is -2.10. The van der Waals surface area contributed by atoms with Crippen LogP contribution in [0.15, 0.2) is 12.3 Å². The van der Waals surface area contributed by atoms with E-state index in [2.05, 4.69) is 0 Å². The van der Waals surface area contributed by atoms with Crippen molar-refractivity contribution in [2.75, 3.05) is 18.9 Å². The van der Waals surface area contributed by atoms with Crippen molar-refractivity contribution >= 4 is 11.7 Å². The van der Waals surface area contributed by atoms with Gasteiger partial charge < -0.3 is 20.1 Å². The maximum absolute atomic E-state index is 11.6. The average Bonchev–Trinajstić information content (AvgIpc) is 2.62. The topological polar surface area (TPSA) is 77.5 Å². The van der Waals surface area contributed by atoms with Gasteiger partial charge in [-0.25, -0.2) is 4.79 Å². The number of nitrogen functional groups attached to an aromatic ring is 1.